The molecule has 1 aromatic heterocycles. The van der Waals surface area contributed by atoms with Crippen LogP contribution in [0.25, 0.3) is 16.5 Å². The van der Waals surface area contributed by atoms with E-state index >= 15 is 0 Å². The first kappa shape index (κ1) is 26.6. The number of halogens is 3. The van der Waals surface area contributed by atoms with E-state index in [4.69, 9.17) is 10.5 Å². The summed E-state index contributed by atoms with van der Waals surface area (Å²) in [4.78, 5) is 20.5. The number of hydrogen-bond donors (Lipinski definition) is 3. The zero-order valence-corrected chi connectivity index (χ0v) is 20.8. The number of allylic oxidation sites excluding steroid dienone is 1. The Morgan fingerprint density at radius 3 is 2.42 bits per heavy atom. The van der Waals surface area contributed by atoms with Crippen LogP contribution in [0.15, 0.2) is 73.1 Å². The molecule has 0 fully saturated rings. The fourth-order valence-electron chi connectivity index (χ4n) is 3.98. The number of benzene rings is 3. The monoisotopic (exact) mass is 522 g/mol. The molecule has 0 saturated heterocycles. The van der Waals surface area contributed by atoms with Crippen molar-refractivity contribution in [2.45, 2.75) is 32.5 Å². The normalized spacial score (nSPS) is 12.4. The molecular formula is C28H25F3N4O3. The fraction of sp³-hybridized carbons (Fsp3) is 0.179. The van der Waals surface area contributed by atoms with Crippen molar-refractivity contribution in [3.8, 4) is 11.5 Å². The zero-order chi connectivity index (χ0) is 27.7. The molecule has 0 unspecified atom stereocenters. The second-order valence-corrected chi connectivity index (χ2v) is 9.04. The summed E-state index contributed by atoms with van der Waals surface area (Å²) in [6, 6.07) is 14.5. The van der Waals surface area contributed by atoms with Crippen molar-refractivity contribution < 1.29 is 27.8 Å². The molecule has 3 aromatic carbocycles. The third-order valence-corrected chi connectivity index (χ3v) is 5.80. The zero-order valence-electron chi connectivity index (χ0n) is 20.8. The van der Waals surface area contributed by atoms with Crippen LogP contribution < -0.4 is 15.8 Å². The van der Waals surface area contributed by atoms with Crippen molar-refractivity contribution in [1.82, 2.24) is 9.97 Å². The number of rotatable bonds is 7. The van der Waals surface area contributed by atoms with Crippen LogP contribution in [0.3, 0.4) is 0 Å². The maximum atomic E-state index is 13.1. The number of aliphatic hydroxyl groups is 1. The Morgan fingerprint density at radius 1 is 1.03 bits per heavy atom. The Hall–Kier alpha value is -4.44. The Labute approximate surface area is 216 Å². The van der Waals surface area contributed by atoms with Crippen LogP contribution >= 0.6 is 0 Å². The maximum Gasteiger partial charge on any atom is 0.416 e. The van der Waals surface area contributed by atoms with Gasteiger partial charge in [0.1, 0.15) is 23.6 Å². The van der Waals surface area contributed by atoms with Crippen LogP contribution in [0.1, 0.15) is 37.5 Å². The largest absolute Gasteiger partial charge is 0.457 e. The molecule has 0 aliphatic rings. The summed E-state index contributed by atoms with van der Waals surface area (Å²) in [6.07, 6.45) is -1.50. The van der Waals surface area contributed by atoms with Crippen LogP contribution in [0.2, 0.25) is 0 Å². The summed E-state index contributed by atoms with van der Waals surface area (Å²) in [5.74, 6) is 0.0829. The van der Waals surface area contributed by atoms with E-state index in [1.54, 1.807) is 63.2 Å². The van der Waals surface area contributed by atoms with Gasteiger partial charge < -0.3 is 20.9 Å². The lowest BCUT2D eigenvalue weighted by molar-refractivity contribution is -0.137. The van der Waals surface area contributed by atoms with E-state index in [1.807, 2.05) is 0 Å². The van der Waals surface area contributed by atoms with Crippen molar-refractivity contribution in [3.63, 3.8) is 0 Å². The summed E-state index contributed by atoms with van der Waals surface area (Å²) < 4.78 is 45.0. The number of carbonyl (C=O) groups is 1. The van der Waals surface area contributed by atoms with E-state index in [0.29, 0.717) is 39.1 Å². The maximum absolute atomic E-state index is 13.1. The highest BCUT2D eigenvalue weighted by molar-refractivity contribution is 6.19. The molecule has 7 nitrogen and oxygen atoms in total. The summed E-state index contributed by atoms with van der Waals surface area (Å²) >= 11 is 0. The van der Waals surface area contributed by atoms with Crippen LogP contribution in [0, 0.1) is 0 Å². The molecule has 0 saturated carbocycles. The van der Waals surface area contributed by atoms with Gasteiger partial charge in [-0.1, -0.05) is 18.2 Å². The van der Waals surface area contributed by atoms with Crippen LogP contribution in [0.5, 0.6) is 11.5 Å². The Balaban J connectivity index is 1.72. The summed E-state index contributed by atoms with van der Waals surface area (Å²) in [7, 11) is 0. The number of alkyl halides is 3. The van der Waals surface area contributed by atoms with Crippen molar-refractivity contribution in [2.75, 3.05) is 5.32 Å². The predicted molar refractivity (Wildman–Crippen MR) is 139 cm³/mol. The van der Waals surface area contributed by atoms with Gasteiger partial charge in [0.2, 0.25) is 5.91 Å². The number of aromatic nitrogens is 2. The number of hydrogen-bond acceptors (Lipinski definition) is 6. The molecule has 0 aliphatic heterocycles. The third-order valence-electron chi connectivity index (χ3n) is 5.80. The highest BCUT2D eigenvalue weighted by Crippen LogP contribution is 2.37. The minimum absolute atomic E-state index is 0.00536. The summed E-state index contributed by atoms with van der Waals surface area (Å²) in [6.45, 7) is 4.86. The quantitative estimate of drug-likeness (QED) is 0.246. The third kappa shape index (κ3) is 5.76. The Morgan fingerprint density at radius 2 is 1.76 bits per heavy atom. The fourth-order valence-corrected chi connectivity index (χ4v) is 3.98. The lowest BCUT2D eigenvalue weighted by Gasteiger charge is -2.23. The molecule has 38 heavy (non-hydrogen) atoms. The Bertz CT molecular complexity index is 1540. The first-order chi connectivity index (χ1) is 17.9. The molecule has 0 bridgehead atoms. The van der Waals surface area contributed by atoms with E-state index in [0.717, 1.165) is 12.1 Å². The van der Waals surface area contributed by atoms with Gasteiger partial charge in [-0.25, -0.2) is 9.97 Å². The van der Waals surface area contributed by atoms with E-state index < -0.39 is 23.2 Å². The summed E-state index contributed by atoms with van der Waals surface area (Å²) in [5, 5.41) is 14.7. The van der Waals surface area contributed by atoms with E-state index in [1.165, 1.54) is 18.5 Å². The van der Waals surface area contributed by atoms with Gasteiger partial charge in [-0.15, -0.1) is 0 Å². The number of amides is 1. The average Bonchev–Trinajstić information content (AvgIpc) is 2.84. The van der Waals surface area contributed by atoms with Crippen molar-refractivity contribution >= 4 is 33.9 Å². The van der Waals surface area contributed by atoms with Crippen LogP contribution in [-0.4, -0.2) is 21.0 Å². The highest BCUT2D eigenvalue weighted by atomic mass is 19.4. The molecule has 0 aliphatic carbocycles. The smallest absolute Gasteiger partial charge is 0.416 e. The lowest BCUT2D eigenvalue weighted by Crippen LogP contribution is -2.18. The molecule has 4 aromatic rings. The van der Waals surface area contributed by atoms with Gasteiger partial charge >= 0.3 is 6.18 Å². The van der Waals surface area contributed by atoms with Gasteiger partial charge in [0.15, 0.2) is 0 Å². The molecule has 10 heteroatoms. The predicted octanol–water partition coefficient (Wildman–Crippen LogP) is 6.30. The number of ether oxygens (including phenoxy) is 1. The molecule has 4 N–H and O–H groups in total. The van der Waals surface area contributed by atoms with Gasteiger partial charge in [0.05, 0.1) is 16.7 Å². The first-order valence-electron chi connectivity index (χ1n) is 11.6. The van der Waals surface area contributed by atoms with Crippen LogP contribution in [-0.2, 0) is 16.6 Å². The molecule has 1 heterocycles. The van der Waals surface area contributed by atoms with E-state index in [-0.39, 0.29) is 11.5 Å². The summed E-state index contributed by atoms with van der Waals surface area (Å²) in [5.41, 5.74) is 5.77. The number of nitrogens with two attached hydrogens (primary N) is 1. The van der Waals surface area contributed by atoms with Gasteiger partial charge in [-0.3, -0.25) is 4.79 Å². The highest BCUT2D eigenvalue weighted by Gasteiger charge is 2.30. The average molecular weight is 523 g/mol. The molecule has 1 amide bonds. The van der Waals surface area contributed by atoms with Gasteiger partial charge in [0.25, 0.3) is 0 Å². The molecule has 196 valence electrons. The van der Waals surface area contributed by atoms with Gasteiger partial charge in [0, 0.05) is 22.2 Å². The molecule has 0 radical (unpaired) electrons. The molecule has 4 rings (SSSR count). The van der Waals surface area contributed by atoms with E-state index in [9.17, 15) is 23.1 Å². The van der Waals surface area contributed by atoms with Crippen molar-refractivity contribution in [2.24, 2.45) is 5.73 Å². The van der Waals surface area contributed by atoms with Gasteiger partial charge in [-0.05, 0) is 74.9 Å². The van der Waals surface area contributed by atoms with Crippen LogP contribution in [0.4, 0.5) is 24.7 Å². The minimum Gasteiger partial charge on any atom is -0.457 e. The van der Waals surface area contributed by atoms with Crippen molar-refractivity contribution in [3.05, 3.63) is 89.8 Å². The number of nitrogens with zero attached hydrogens (tertiary/aromatic N) is 2. The van der Waals surface area contributed by atoms with Gasteiger partial charge in [-0.2, -0.15) is 13.2 Å². The number of carbonyl (C=O) groups excluding carboxylic acids is 1. The minimum atomic E-state index is -4.50. The number of primary amides is 1. The molecule has 0 spiro atoms. The standard InChI is InChI=1S/C28H25F3N4O3/c1-4-20(25(32)36)16-8-10-23-21(12-16)26(34-15-33-23)35-24-11-9-19(14-22(24)27(2,3)37)38-18-7-5-6-17(13-18)28(29,30)31/h4-15,37H,1-3H3,(H2,32,36)(H,33,34,35). The molecule has 0 atom stereocenters. The lowest BCUT2D eigenvalue weighted by atomic mass is 9.96. The number of fused-ring (bicyclic) bond motifs is 1. The van der Waals surface area contributed by atoms with E-state index in [2.05, 4.69) is 15.3 Å². The first-order valence-corrected chi connectivity index (χ1v) is 11.6. The number of anilines is 2. The van der Waals surface area contributed by atoms with Crippen molar-refractivity contribution in [1.29, 1.82) is 0 Å². The Kier molecular flexibility index (Phi) is 7.10. The second kappa shape index (κ2) is 10.1. The molecular weight excluding hydrogens is 497 g/mol. The second-order valence-electron chi connectivity index (χ2n) is 9.04. The number of nitrogens with one attached hydrogen (secondary N) is 1. The SMILES string of the molecule is CC=C(C(N)=O)c1ccc2ncnc(Nc3ccc(Oc4cccc(C(F)(F)F)c4)cc3C(C)(C)O)c2c1. The topological polar surface area (TPSA) is 110 Å².